The zero-order chi connectivity index (χ0) is 22.5. The molecule has 0 saturated carbocycles. The number of aromatic nitrogens is 1. The lowest BCUT2D eigenvalue weighted by Crippen LogP contribution is -2.28. The summed E-state index contributed by atoms with van der Waals surface area (Å²) in [5, 5.41) is 20.6. The molecule has 0 aliphatic heterocycles. The zero-order valence-corrected chi connectivity index (χ0v) is 17.6. The van der Waals surface area contributed by atoms with Crippen LogP contribution < -0.4 is 15.0 Å². The van der Waals surface area contributed by atoms with Crippen molar-refractivity contribution in [2.24, 2.45) is 0 Å². The van der Waals surface area contributed by atoms with E-state index in [1.165, 1.54) is 14.0 Å². The molecule has 0 fully saturated rings. The van der Waals surface area contributed by atoms with Crippen LogP contribution in [-0.2, 0) is 6.54 Å². The second-order valence-electron chi connectivity index (χ2n) is 6.68. The summed E-state index contributed by atoms with van der Waals surface area (Å²) < 4.78 is 11.5. The first-order chi connectivity index (χ1) is 14.9. The molecule has 1 heterocycles. The van der Waals surface area contributed by atoms with Gasteiger partial charge in [-0.1, -0.05) is 29.8 Å². The highest BCUT2D eigenvalue weighted by Gasteiger charge is 2.24. The normalized spacial score (nSPS) is 10.4. The lowest BCUT2D eigenvalue weighted by atomic mass is 10.0. The minimum Gasteiger partial charge on any atom is -0.497 e. The Morgan fingerprint density at radius 1 is 1.16 bits per heavy atom. The lowest BCUT2D eigenvalue weighted by molar-refractivity contribution is 0.0916. The summed E-state index contributed by atoms with van der Waals surface area (Å²) in [4.78, 5) is 25.6. The molecule has 0 bridgehead atoms. The van der Waals surface area contributed by atoms with Crippen molar-refractivity contribution in [2.75, 3.05) is 13.7 Å². The Hall–Kier alpha value is -3.76. The first kappa shape index (κ1) is 21.9. The fourth-order valence-corrected chi connectivity index (χ4v) is 3.32. The summed E-state index contributed by atoms with van der Waals surface area (Å²) >= 11 is 6.17. The van der Waals surface area contributed by atoms with Gasteiger partial charge in [-0.2, -0.15) is 5.26 Å². The summed E-state index contributed by atoms with van der Waals surface area (Å²) in [5.74, 6) is -0.0476. The molecule has 1 N–H and O–H groups in total. The minimum atomic E-state index is -0.704. The Labute approximate surface area is 183 Å². The summed E-state index contributed by atoms with van der Waals surface area (Å²) in [6.45, 7) is 0.953. The topological polar surface area (TPSA) is 102 Å². The molecule has 0 radical (unpaired) electrons. The third kappa shape index (κ3) is 4.55. The van der Waals surface area contributed by atoms with Crippen molar-refractivity contribution < 1.29 is 19.4 Å². The van der Waals surface area contributed by atoms with Gasteiger partial charge < -0.3 is 14.6 Å². The van der Waals surface area contributed by atoms with E-state index < -0.39 is 23.8 Å². The minimum absolute atomic E-state index is 0.0983. The van der Waals surface area contributed by atoms with E-state index in [4.69, 9.17) is 21.1 Å². The molecule has 3 aromatic rings. The molecule has 0 atom stereocenters. The summed E-state index contributed by atoms with van der Waals surface area (Å²) in [6.07, 6.45) is 0. The molecule has 158 valence electrons. The maximum atomic E-state index is 12.9. The predicted molar refractivity (Wildman–Crippen MR) is 115 cm³/mol. The number of hydrogen-bond donors (Lipinski definition) is 1. The van der Waals surface area contributed by atoms with Crippen molar-refractivity contribution >= 4 is 17.4 Å². The van der Waals surface area contributed by atoms with Crippen LogP contribution in [-0.4, -0.2) is 29.2 Å². The Balaban J connectivity index is 1.97. The molecule has 0 saturated heterocycles. The maximum Gasteiger partial charge on any atom is 0.271 e. The van der Waals surface area contributed by atoms with Gasteiger partial charge in [-0.15, -0.1) is 0 Å². The van der Waals surface area contributed by atoms with Crippen molar-refractivity contribution in [3.05, 3.63) is 86.2 Å². The van der Waals surface area contributed by atoms with Gasteiger partial charge in [0.1, 0.15) is 23.1 Å². The van der Waals surface area contributed by atoms with Crippen LogP contribution in [0, 0.1) is 18.3 Å². The second kappa shape index (κ2) is 9.37. The standard InChI is InChI=1S/C23H19ClN2O5/c1-14-18(11-25)22(28)26(12-15-5-3-4-6-19(15)24)23(29)21(14)20(27)13-31-17-9-7-16(30-2)8-10-17/h3-10,29H,12-13H2,1-2H3. The average Bonchev–Trinajstić information content (AvgIpc) is 2.77. The molecule has 8 heteroatoms. The van der Waals surface area contributed by atoms with Crippen molar-refractivity contribution in [3.8, 4) is 23.4 Å². The summed E-state index contributed by atoms with van der Waals surface area (Å²) in [6, 6.07) is 15.3. The number of nitrogens with zero attached hydrogens (tertiary/aromatic N) is 2. The number of ketones is 1. The molecule has 31 heavy (non-hydrogen) atoms. The summed E-state index contributed by atoms with van der Waals surface area (Å²) in [7, 11) is 1.54. The number of rotatable bonds is 7. The number of pyridine rings is 1. The molecule has 2 aromatic carbocycles. The number of carbonyl (C=O) groups excluding carboxylic acids is 1. The molecule has 0 unspecified atom stereocenters. The smallest absolute Gasteiger partial charge is 0.271 e. The van der Waals surface area contributed by atoms with Gasteiger partial charge in [0.2, 0.25) is 11.7 Å². The molecule has 1 aromatic heterocycles. The number of Topliss-reactive ketones (excluding diaryl/α,β-unsaturated/α-hetero) is 1. The monoisotopic (exact) mass is 438 g/mol. The molecule has 0 amide bonds. The van der Waals surface area contributed by atoms with Crippen molar-refractivity contribution in [1.29, 1.82) is 5.26 Å². The van der Waals surface area contributed by atoms with Gasteiger partial charge in [0.05, 0.1) is 19.2 Å². The van der Waals surface area contributed by atoms with Gasteiger partial charge in [-0.05, 0) is 48.4 Å². The fourth-order valence-electron chi connectivity index (χ4n) is 3.12. The number of halogens is 1. The van der Waals surface area contributed by atoms with E-state index in [1.54, 1.807) is 48.5 Å². The summed E-state index contributed by atoms with van der Waals surface area (Å²) in [5.41, 5.74) is -0.412. The van der Waals surface area contributed by atoms with E-state index in [0.29, 0.717) is 22.1 Å². The first-order valence-electron chi connectivity index (χ1n) is 9.27. The van der Waals surface area contributed by atoms with E-state index >= 15 is 0 Å². The van der Waals surface area contributed by atoms with Crippen molar-refractivity contribution in [2.45, 2.75) is 13.5 Å². The molecule has 3 rings (SSSR count). The highest BCUT2D eigenvalue weighted by molar-refractivity contribution is 6.31. The number of hydrogen-bond acceptors (Lipinski definition) is 6. The average molecular weight is 439 g/mol. The van der Waals surface area contributed by atoms with E-state index in [-0.39, 0.29) is 23.2 Å². The Kier molecular flexibility index (Phi) is 6.63. The molecule has 0 spiro atoms. The second-order valence-corrected chi connectivity index (χ2v) is 7.09. The third-order valence-electron chi connectivity index (χ3n) is 4.79. The largest absolute Gasteiger partial charge is 0.497 e. The van der Waals surface area contributed by atoms with Gasteiger partial charge in [0.15, 0.2) is 6.61 Å². The maximum absolute atomic E-state index is 12.9. The fraction of sp³-hybridized carbons (Fsp3) is 0.174. The van der Waals surface area contributed by atoms with Gasteiger partial charge in [-0.3, -0.25) is 14.2 Å². The highest BCUT2D eigenvalue weighted by Crippen LogP contribution is 2.25. The van der Waals surface area contributed by atoms with E-state index in [9.17, 15) is 20.0 Å². The van der Waals surface area contributed by atoms with E-state index in [0.717, 1.165) is 4.57 Å². The van der Waals surface area contributed by atoms with Crippen LogP contribution in [0.4, 0.5) is 0 Å². The molecular formula is C23H19ClN2O5. The van der Waals surface area contributed by atoms with Crippen molar-refractivity contribution in [3.63, 3.8) is 0 Å². The quantitative estimate of drug-likeness (QED) is 0.564. The Morgan fingerprint density at radius 2 is 1.81 bits per heavy atom. The van der Waals surface area contributed by atoms with Crippen LogP contribution >= 0.6 is 11.6 Å². The molecule has 7 nitrogen and oxygen atoms in total. The number of ether oxygens (including phenoxy) is 2. The van der Waals surface area contributed by atoms with Crippen LogP contribution in [0.5, 0.6) is 17.4 Å². The van der Waals surface area contributed by atoms with E-state index in [2.05, 4.69) is 0 Å². The number of aromatic hydroxyl groups is 1. The Bertz CT molecular complexity index is 1230. The third-order valence-corrected chi connectivity index (χ3v) is 5.16. The number of benzene rings is 2. The molecule has 0 aliphatic rings. The SMILES string of the molecule is COc1ccc(OCC(=O)c2c(C)c(C#N)c(=O)n(Cc3ccccc3Cl)c2O)cc1. The molecular weight excluding hydrogens is 420 g/mol. The van der Waals surface area contributed by atoms with Crippen LogP contribution in [0.3, 0.4) is 0 Å². The first-order valence-corrected chi connectivity index (χ1v) is 9.65. The number of nitriles is 1. The van der Waals surface area contributed by atoms with Crippen LogP contribution in [0.15, 0.2) is 53.3 Å². The van der Waals surface area contributed by atoms with Crippen molar-refractivity contribution in [1.82, 2.24) is 4.57 Å². The lowest BCUT2D eigenvalue weighted by Gasteiger charge is -2.16. The number of carbonyl (C=O) groups is 1. The number of methoxy groups -OCH3 is 1. The van der Waals surface area contributed by atoms with Gasteiger partial charge in [0.25, 0.3) is 5.56 Å². The highest BCUT2D eigenvalue weighted by atomic mass is 35.5. The van der Waals surface area contributed by atoms with Gasteiger partial charge in [-0.25, -0.2) is 0 Å². The van der Waals surface area contributed by atoms with Gasteiger partial charge in [0, 0.05) is 5.02 Å². The molecule has 0 aliphatic carbocycles. The van der Waals surface area contributed by atoms with Gasteiger partial charge >= 0.3 is 0 Å². The predicted octanol–water partition coefficient (Wildman–Crippen LogP) is 3.71. The van der Waals surface area contributed by atoms with Crippen LogP contribution in [0.1, 0.15) is 27.0 Å². The Morgan fingerprint density at radius 3 is 2.42 bits per heavy atom. The zero-order valence-electron chi connectivity index (χ0n) is 16.9. The van der Waals surface area contributed by atoms with Crippen LogP contribution in [0.2, 0.25) is 5.02 Å². The van der Waals surface area contributed by atoms with Crippen LogP contribution in [0.25, 0.3) is 0 Å². The van der Waals surface area contributed by atoms with E-state index in [1.807, 2.05) is 6.07 Å².